The molecule has 1 aromatic rings. The van der Waals surface area contributed by atoms with Gasteiger partial charge in [0, 0.05) is 38.4 Å². The van der Waals surface area contributed by atoms with E-state index in [2.05, 4.69) is 67.1 Å². The van der Waals surface area contributed by atoms with Crippen molar-refractivity contribution in [2.75, 3.05) is 38.6 Å². The van der Waals surface area contributed by atoms with Crippen molar-refractivity contribution in [1.82, 2.24) is 15.2 Å². The van der Waals surface area contributed by atoms with Gasteiger partial charge in [0.1, 0.15) is 5.82 Å². The van der Waals surface area contributed by atoms with Crippen molar-refractivity contribution in [3.05, 3.63) is 23.9 Å². The normalized spacial score (nSPS) is 20.0. The molecule has 2 heterocycles. The summed E-state index contributed by atoms with van der Waals surface area (Å²) in [7, 11) is 4.36. The standard InChI is InChI=1S/C17H30N4/c1-17(2,3)19-11-14-6-8-18-16(10-14)21(5)13-15-7-9-20(4)12-15/h6,8,10,15,19H,7,9,11-13H2,1-5H3. The molecule has 0 amide bonds. The van der Waals surface area contributed by atoms with Gasteiger partial charge < -0.3 is 15.1 Å². The maximum Gasteiger partial charge on any atom is 0.128 e. The van der Waals surface area contributed by atoms with E-state index in [1.54, 1.807) is 0 Å². The summed E-state index contributed by atoms with van der Waals surface area (Å²) in [6.45, 7) is 11.0. The molecule has 0 radical (unpaired) electrons. The fourth-order valence-corrected chi connectivity index (χ4v) is 2.80. The van der Waals surface area contributed by atoms with Crippen molar-refractivity contribution < 1.29 is 0 Å². The number of rotatable bonds is 5. The lowest BCUT2D eigenvalue weighted by atomic mass is 10.1. The third-order valence-electron chi connectivity index (χ3n) is 4.04. The Morgan fingerprint density at radius 3 is 2.81 bits per heavy atom. The molecule has 1 aliphatic rings. The molecule has 0 saturated carbocycles. The van der Waals surface area contributed by atoms with Crippen molar-refractivity contribution in [2.45, 2.75) is 39.3 Å². The molecule has 0 aliphatic carbocycles. The smallest absolute Gasteiger partial charge is 0.128 e. The molecule has 4 nitrogen and oxygen atoms in total. The molecule has 21 heavy (non-hydrogen) atoms. The van der Waals surface area contributed by atoms with Gasteiger partial charge in [-0.25, -0.2) is 4.98 Å². The summed E-state index contributed by atoms with van der Waals surface area (Å²) in [5.74, 6) is 1.84. The lowest BCUT2D eigenvalue weighted by Crippen LogP contribution is -2.35. The first kappa shape index (κ1) is 16.2. The van der Waals surface area contributed by atoms with E-state index in [9.17, 15) is 0 Å². The van der Waals surface area contributed by atoms with E-state index in [1.165, 1.54) is 25.1 Å². The minimum absolute atomic E-state index is 0.143. The topological polar surface area (TPSA) is 31.4 Å². The summed E-state index contributed by atoms with van der Waals surface area (Å²) in [4.78, 5) is 9.24. The Kier molecular flexibility index (Phi) is 5.22. The predicted octanol–water partition coefficient (Wildman–Crippen LogP) is 2.36. The van der Waals surface area contributed by atoms with Crippen LogP contribution in [0.1, 0.15) is 32.8 Å². The molecule has 118 valence electrons. The molecule has 4 heteroatoms. The van der Waals surface area contributed by atoms with Gasteiger partial charge in [0.05, 0.1) is 0 Å². The number of hydrogen-bond donors (Lipinski definition) is 1. The molecule has 0 aromatic carbocycles. The maximum absolute atomic E-state index is 4.53. The predicted molar refractivity (Wildman–Crippen MR) is 89.7 cm³/mol. The van der Waals surface area contributed by atoms with Crippen LogP contribution >= 0.6 is 0 Å². The first-order chi connectivity index (χ1) is 9.83. The van der Waals surface area contributed by atoms with Gasteiger partial charge in [0.2, 0.25) is 0 Å². The zero-order chi connectivity index (χ0) is 15.5. The molecule has 0 bridgehead atoms. The Labute approximate surface area is 129 Å². The molecule has 1 atom stereocenters. The number of likely N-dealkylation sites (tertiary alicyclic amines) is 1. The first-order valence-corrected chi connectivity index (χ1v) is 7.93. The molecule has 1 fully saturated rings. The van der Waals surface area contributed by atoms with Crippen molar-refractivity contribution in [1.29, 1.82) is 0 Å². The molecule has 2 rings (SSSR count). The Hall–Kier alpha value is -1.13. The highest BCUT2D eigenvalue weighted by Gasteiger charge is 2.21. The molecule has 1 saturated heterocycles. The minimum atomic E-state index is 0.143. The third kappa shape index (κ3) is 5.29. The lowest BCUT2D eigenvalue weighted by Gasteiger charge is -2.24. The zero-order valence-electron chi connectivity index (χ0n) is 14.2. The van der Waals surface area contributed by atoms with Crippen LogP contribution in [0.15, 0.2) is 18.3 Å². The van der Waals surface area contributed by atoms with E-state index in [-0.39, 0.29) is 5.54 Å². The van der Waals surface area contributed by atoms with Gasteiger partial charge in [-0.05, 0) is 64.4 Å². The highest BCUT2D eigenvalue weighted by Crippen LogP contribution is 2.19. The van der Waals surface area contributed by atoms with Gasteiger partial charge >= 0.3 is 0 Å². The van der Waals surface area contributed by atoms with Crippen molar-refractivity contribution in [3.63, 3.8) is 0 Å². The van der Waals surface area contributed by atoms with Crippen LogP contribution in [-0.2, 0) is 6.54 Å². The minimum Gasteiger partial charge on any atom is -0.359 e. The SMILES string of the molecule is CN1CCC(CN(C)c2cc(CNC(C)(C)C)ccn2)C1. The Morgan fingerprint density at radius 1 is 1.43 bits per heavy atom. The van der Waals surface area contributed by atoms with Crippen LogP contribution in [0.2, 0.25) is 0 Å². The summed E-state index contributed by atoms with van der Waals surface area (Å²) in [5, 5.41) is 3.53. The van der Waals surface area contributed by atoms with Gasteiger partial charge in [-0.2, -0.15) is 0 Å². The first-order valence-electron chi connectivity index (χ1n) is 7.93. The molecular formula is C17H30N4. The van der Waals surface area contributed by atoms with Crippen molar-refractivity contribution >= 4 is 5.82 Å². The Balaban J connectivity index is 1.93. The highest BCUT2D eigenvalue weighted by atomic mass is 15.2. The fourth-order valence-electron chi connectivity index (χ4n) is 2.80. The Bertz CT molecular complexity index is 452. The van der Waals surface area contributed by atoms with Gasteiger partial charge in [-0.15, -0.1) is 0 Å². The number of hydrogen-bond acceptors (Lipinski definition) is 4. The van der Waals surface area contributed by atoms with E-state index in [4.69, 9.17) is 0 Å². The Morgan fingerprint density at radius 2 is 2.19 bits per heavy atom. The summed E-state index contributed by atoms with van der Waals surface area (Å²) in [6.07, 6.45) is 3.22. The average molecular weight is 290 g/mol. The quantitative estimate of drug-likeness (QED) is 0.902. The molecule has 1 aromatic heterocycles. The van der Waals surface area contributed by atoms with Crippen LogP contribution < -0.4 is 10.2 Å². The van der Waals surface area contributed by atoms with Gasteiger partial charge in [0.25, 0.3) is 0 Å². The largest absolute Gasteiger partial charge is 0.359 e. The zero-order valence-corrected chi connectivity index (χ0v) is 14.2. The molecule has 1 N–H and O–H groups in total. The van der Waals surface area contributed by atoms with Crippen molar-refractivity contribution in [3.8, 4) is 0 Å². The van der Waals surface area contributed by atoms with E-state index in [1.807, 2.05) is 6.20 Å². The number of nitrogens with zero attached hydrogens (tertiary/aromatic N) is 3. The monoisotopic (exact) mass is 290 g/mol. The van der Waals surface area contributed by atoms with Gasteiger partial charge in [0.15, 0.2) is 0 Å². The van der Waals surface area contributed by atoms with E-state index >= 15 is 0 Å². The number of aromatic nitrogens is 1. The van der Waals surface area contributed by atoms with E-state index < -0.39 is 0 Å². The van der Waals surface area contributed by atoms with E-state index in [0.29, 0.717) is 0 Å². The van der Waals surface area contributed by atoms with Crippen LogP contribution in [0.5, 0.6) is 0 Å². The average Bonchev–Trinajstić information content (AvgIpc) is 2.81. The molecule has 1 aliphatic heterocycles. The molecule has 1 unspecified atom stereocenters. The van der Waals surface area contributed by atoms with Crippen LogP contribution in [0.4, 0.5) is 5.82 Å². The number of pyridine rings is 1. The third-order valence-corrected chi connectivity index (χ3v) is 4.04. The van der Waals surface area contributed by atoms with Crippen molar-refractivity contribution in [2.24, 2.45) is 5.92 Å². The summed E-state index contributed by atoms with van der Waals surface area (Å²) >= 11 is 0. The second kappa shape index (κ2) is 6.75. The number of nitrogens with one attached hydrogen (secondary N) is 1. The summed E-state index contributed by atoms with van der Waals surface area (Å²) in [5.41, 5.74) is 1.44. The van der Waals surface area contributed by atoms with Gasteiger partial charge in [-0.3, -0.25) is 0 Å². The van der Waals surface area contributed by atoms with E-state index in [0.717, 1.165) is 24.8 Å². The van der Waals surface area contributed by atoms with Gasteiger partial charge in [-0.1, -0.05) is 0 Å². The second-order valence-corrected chi connectivity index (χ2v) is 7.42. The number of anilines is 1. The lowest BCUT2D eigenvalue weighted by molar-refractivity contribution is 0.395. The van der Waals surface area contributed by atoms with Crippen LogP contribution in [-0.4, -0.2) is 49.2 Å². The summed E-state index contributed by atoms with van der Waals surface area (Å²) in [6, 6.07) is 4.30. The fraction of sp³-hybridized carbons (Fsp3) is 0.706. The van der Waals surface area contributed by atoms with Crippen LogP contribution in [0.25, 0.3) is 0 Å². The maximum atomic E-state index is 4.53. The summed E-state index contributed by atoms with van der Waals surface area (Å²) < 4.78 is 0. The van der Waals surface area contributed by atoms with Crippen LogP contribution in [0.3, 0.4) is 0 Å². The van der Waals surface area contributed by atoms with Crippen LogP contribution in [0, 0.1) is 5.92 Å². The molecule has 0 spiro atoms. The molecular weight excluding hydrogens is 260 g/mol. The highest BCUT2D eigenvalue weighted by molar-refractivity contribution is 5.40. The second-order valence-electron chi connectivity index (χ2n) is 7.42.